The van der Waals surface area contributed by atoms with Crippen molar-refractivity contribution >= 4 is 30.0 Å². The molecule has 0 radical (unpaired) electrons. The second kappa shape index (κ2) is 42.4. The Kier molecular flexibility index (Phi) is 34.9. The molecule has 3 saturated heterocycles. The summed E-state index contributed by atoms with van der Waals surface area (Å²) in [5, 5.41) is 18.8. The molecule has 6 aromatic rings. The summed E-state index contributed by atoms with van der Waals surface area (Å²) in [6.07, 6.45) is -26.8. The van der Waals surface area contributed by atoms with Gasteiger partial charge in [-0.15, -0.1) is 39.5 Å². The largest absolute Gasteiger partial charge is 0.573 e. The number of nitrogens with zero attached hydrogens (tertiary/aromatic N) is 11. The highest BCUT2D eigenvalue weighted by Crippen LogP contribution is 2.37. The molecule has 0 spiro atoms. The van der Waals surface area contributed by atoms with Crippen LogP contribution in [0.1, 0.15) is 170 Å². The number of carbonyl (C=O) groups is 5. The predicted molar refractivity (Wildman–Crippen MR) is 393 cm³/mol. The number of hydrogen-bond acceptors (Lipinski definition) is 19. The van der Waals surface area contributed by atoms with E-state index < -0.39 is 126 Å². The molecule has 5 N–H and O–H groups in total. The van der Waals surface area contributed by atoms with Gasteiger partial charge < -0.3 is 74.6 Å². The zero-order valence-corrected chi connectivity index (χ0v) is 66.7. The van der Waals surface area contributed by atoms with Crippen molar-refractivity contribution in [1.82, 2.24) is 69.8 Å². The third-order valence-electron chi connectivity index (χ3n) is 18.0. The number of para-hydroxylation sites is 3. The standard InChI is InChI=1S/C26H33F6N5O4.C21H25F6N5O2.C20H31F3N4O4.C8H8F3NO/c1-24(2,3)41-23(39)35(4)13-14-36-11-9-18(10-12-36)37-19(15-21(34-37)25(27,28)29)22(38)33-16-17-7-5-6-8-20(17)40-26(30,31)32;1-28-8-11-31-9-6-15(7-10-31)32-16(12-18(30-32)20(22,23)24)19(33)29-13-14-4-2-3-5-17(14)34-21(25,26)27;1-6-30-17(28)15-13-16(20(21,22)23)24-27(15)14-7-9-26(10-8-14)12-11-25(5)18(29)31-19(2,3)4;9-8(10,11)13-7-4-2-1-3-6(7)5-12/h5-8,15,18H,9-14,16H2,1-4H3,(H,33,38);2-5,12,15,28H,6-11,13H2,1H3,(H,29,33);13-14H,6-12H2,1-5H3;1-4H,5,12H2. The molecule has 3 fully saturated rings. The summed E-state index contributed by atoms with van der Waals surface area (Å²) < 4.78 is 262. The Morgan fingerprint density at radius 3 is 1.04 bits per heavy atom. The predicted octanol–water partition coefficient (Wildman–Crippen LogP) is 14.4. The molecule has 0 atom stereocenters. The molecule has 26 nitrogen and oxygen atoms in total. The Morgan fingerprint density at radius 2 is 0.748 bits per heavy atom. The van der Waals surface area contributed by atoms with Gasteiger partial charge in [0.05, 0.1) is 24.7 Å². The Morgan fingerprint density at radius 1 is 0.454 bits per heavy atom. The molecule has 0 bridgehead atoms. The maximum absolute atomic E-state index is 13.5. The van der Waals surface area contributed by atoms with Gasteiger partial charge in [-0.2, -0.15) is 54.8 Å². The first-order valence-electron chi connectivity index (χ1n) is 37.4. The third kappa shape index (κ3) is 32.7. The highest BCUT2D eigenvalue weighted by Gasteiger charge is 2.42. The number of alkyl halides is 18. The van der Waals surface area contributed by atoms with Crippen molar-refractivity contribution in [2.45, 2.75) is 174 Å². The van der Waals surface area contributed by atoms with Crippen molar-refractivity contribution in [1.29, 1.82) is 0 Å². The topological polar surface area (TPSA) is 272 Å². The molecule has 9 rings (SSSR count). The maximum atomic E-state index is 13.5. The molecular formula is C75H97F18N15O11. The van der Waals surface area contributed by atoms with E-state index >= 15 is 0 Å². The van der Waals surface area contributed by atoms with Crippen molar-refractivity contribution in [3.8, 4) is 17.2 Å². The molecule has 44 heteroatoms. The number of piperidine rings is 3. The van der Waals surface area contributed by atoms with E-state index in [1.807, 2.05) is 11.9 Å². The number of benzene rings is 3. The number of esters is 1. The van der Waals surface area contributed by atoms with Crippen LogP contribution in [0, 0.1) is 0 Å². The van der Waals surface area contributed by atoms with E-state index in [-0.39, 0.29) is 59.7 Å². The Balaban J connectivity index is 0.000000259. The minimum Gasteiger partial charge on any atom is -0.461 e. The zero-order valence-electron chi connectivity index (χ0n) is 66.7. The minimum absolute atomic E-state index is 0.00931. The van der Waals surface area contributed by atoms with Crippen LogP contribution in [0.15, 0.2) is 91.0 Å². The first-order valence-corrected chi connectivity index (χ1v) is 37.4. The molecule has 664 valence electrons. The number of likely N-dealkylation sites (N-methyl/N-ethyl adjacent to an activating group) is 3. The van der Waals surface area contributed by atoms with Crippen LogP contribution in [0.5, 0.6) is 17.2 Å². The van der Waals surface area contributed by atoms with Gasteiger partial charge in [-0.3, -0.25) is 23.6 Å². The average molecular weight is 1730 g/mol. The van der Waals surface area contributed by atoms with E-state index in [0.717, 1.165) is 45.3 Å². The number of halogens is 18. The van der Waals surface area contributed by atoms with Gasteiger partial charge in [-0.25, -0.2) is 14.4 Å². The van der Waals surface area contributed by atoms with Crippen LogP contribution >= 0.6 is 0 Å². The van der Waals surface area contributed by atoms with Gasteiger partial charge in [-0.05, 0) is 112 Å². The zero-order chi connectivity index (χ0) is 88.8. The highest BCUT2D eigenvalue weighted by molar-refractivity contribution is 5.93. The molecule has 6 heterocycles. The number of carbonyl (C=O) groups excluding carboxylic acids is 5. The first-order chi connectivity index (χ1) is 55.2. The molecule has 0 unspecified atom stereocenters. The van der Waals surface area contributed by atoms with Gasteiger partial charge in [-0.1, -0.05) is 54.6 Å². The van der Waals surface area contributed by atoms with Crippen LogP contribution in [-0.4, -0.2) is 220 Å². The fraction of sp³-hybridized carbons (Fsp3) is 0.573. The summed E-state index contributed by atoms with van der Waals surface area (Å²) in [4.78, 5) is 71.4. The number of rotatable bonds is 24. The number of nitrogens with one attached hydrogen (secondary N) is 3. The lowest BCUT2D eigenvalue weighted by molar-refractivity contribution is -0.275. The second-order valence-electron chi connectivity index (χ2n) is 29.5. The van der Waals surface area contributed by atoms with Gasteiger partial charge in [0.1, 0.15) is 45.5 Å². The molecule has 0 aliphatic carbocycles. The van der Waals surface area contributed by atoms with Crippen LogP contribution in [0.25, 0.3) is 0 Å². The van der Waals surface area contributed by atoms with Crippen molar-refractivity contribution in [2.75, 3.05) is 106 Å². The summed E-state index contributed by atoms with van der Waals surface area (Å²) in [6.45, 7) is 18.6. The molecule has 0 saturated carbocycles. The Bertz CT molecular complexity index is 4230. The van der Waals surface area contributed by atoms with Crippen LogP contribution < -0.4 is 35.9 Å². The molecule has 3 aliphatic rings. The van der Waals surface area contributed by atoms with Crippen LogP contribution in [0.4, 0.5) is 88.6 Å². The number of aromatic nitrogens is 6. The number of ether oxygens (including phenoxy) is 6. The molecule has 3 aromatic heterocycles. The minimum atomic E-state index is -4.96. The average Bonchev–Trinajstić information content (AvgIpc) is 1.66. The lowest BCUT2D eigenvalue weighted by Crippen LogP contribution is -2.42. The van der Waals surface area contributed by atoms with E-state index in [0.29, 0.717) is 122 Å². The Hall–Kier alpha value is -9.82. The van der Waals surface area contributed by atoms with Crippen molar-refractivity contribution in [2.24, 2.45) is 5.73 Å². The van der Waals surface area contributed by atoms with Gasteiger partial charge in [0.15, 0.2) is 17.1 Å². The fourth-order valence-electron chi connectivity index (χ4n) is 12.2. The summed E-state index contributed by atoms with van der Waals surface area (Å²) in [5.41, 5.74) is -0.00961. The summed E-state index contributed by atoms with van der Waals surface area (Å²) >= 11 is 0. The lowest BCUT2D eigenvalue weighted by Gasteiger charge is -2.33. The van der Waals surface area contributed by atoms with Crippen LogP contribution in [0.2, 0.25) is 0 Å². The van der Waals surface area contributed by atoms with Gasteiger partial charge in [0, 0.05) is 147 Å². The summed E-state index contributed by atoms with van der Waals surface area (Å²) in [7, 11) is 5.10. The molecular weight excluding hydrogens is 1630 g/mol. The van der Waals surface area contributed by atoms with E-state index in [2.05, 4.69) is 55.3 Å². The Labute approximate surface area is 673 Å². The smallest absolute Gasteiger partial charge is 0.461 e. The molecule has 3 aliphatic heterocycles. The quantitative estimate of drug-likeness (QED) is 0.0249. The molecule has 4 amide bonds. The monoisotopic (exact) mass is 1730 g/mol. The van der Waals surface area contributed by atoms with E-state index in [4.69, 9.17) is 19.9 Å². The van der Waals surface area contributed by atoms with E-state index in [1.54, 1.807) is 68.6 Å². The van der Waals surface area contributed by atoms with E-state index in [9.17, 15) is 103 Å². The number of nitrogens with two attached hydrogens (primary N) is 1. The van der Waals surface area contributed by atoms with Crippen LogP contribution in [-0.2, 0) is 52.4 Å². The van der Waals surface area contributed by atoms with Gasteiger partial charge in [0.25, 0.3) is 11.8 Å². The molecule has 3 aromatic carbocycles. The van der Waals surface area contributed by atoms with Crippen LogP contribution in [0.3, 0.4) is 0 Å². The number of hydrogen-bond donors (Lipinski definition) is 4. The summed E-state index contributed by atoms with van der Waals surface area (Å²) in [6, 6.07) is 16.9. The van der Waals surface area contributed by atoms with Crippen molar-refractivity contribution in [3.05, 3.63) is 142 Å². The second-order valence-corrected chi connectivity index (χ2v) is 29.5. The maximum Gasteiger partial charge on any atom is 0.573 e. The third-order valence-corrected chi connectivity index (χ3v) is 18.0. The fourth-order valence-corrected chi connectivity index (χ4v) is 12.2. The van der Waals surface area contributed by atoms with Crippen molar-refractivity contribution < 1.29 is 131 Å². The van der Waals surface area contributed by atoms with E-state index in [1.165, 1.54) is 64.4 Å². The normalized spacial score (nSPS) is 15.4. The number of amides is 4. The number of likely N-dealkylation sites (tertiary alicyclic amines) is 3. The first kappa shape index (κ1) is 98.0. The highest BCUT2D eigenvalue weighted by atomic mass is 19.4. The lowest BCUT2D eigenvalue weighted by atomic mass is 10.0. The van der Waals surface area contributed by atoms with Gasteiger partial charge in [0.2, 0.25) is 0 Å². The molecule has 119 heavy (non-hydrogen) atoms. The SMILES string of the molecule is CCOC(=O)c1cc(C(F)(F)F)nn1C1CCN(CCN(C)C(=O)OC(C)(C)C)CC1.CN(CCN1CCC(n2nc(C(F)(F)F)cc2C(=O)NCc2ccccc2OC(F)(F)F)CC1)C(=O)OC(C)(C)C.CNCCN1CCC(n2nc(C(F)(F)F)cc2C(=O)NCc2ccccc2OC(F)(F)F)CC1.NCc1ccccc1OC(F)(F)F. The van der Waals surface area contributed by atoms with Gasteiger partial charge >= 0.3 is 55.8 Å². The summed E-state index contributed by atoms with van der Waals surface area (Å²) in [5.74, 6) is -3.88. The van der Waals surface area contributed by atoms with Crippen molar-refractivity contribution in [3.63, 3.8) is 0 Å².